The number of carbonyl (C=O) groups is 3. The molecule has 0 saturated heterocycles. The third kappa shape index (κ3) is 12.7. The molecule has 0 saturated carbocycles. The number of carbonyl (C=O) groups excluding carboxylic acids is 3. The molecule has 0 N–H and O–H groups in total. The highest BCUT2D eigenvalue weighted by Gasteiger charge is 2.13. The molecule has 280 valence electrons. The van der Waals surface area contributed by atoms with Crippen molar-refractivity contribution >= 4 is 40.1 Å². The van der Waals surface area contributed by atoms with E-state index in [1.54, 1.807) is 0 Å². The van der Waals surface area contributed by atoms with Gasteiger partial charge in [0.25, 0.3) is 0 Å². The van der Waals surface area contributed by atoms with Crippen LogP contribution in [0.4, 0.5) is 22.7 Å². The van der Waals surface area contributed by atoms with E-state index < -0.39 is 0 Å². The van der Waals surface area contributed by atoms with E-state index in [2.05, 4.69) is 75.0 Å². The maximum absolute atomic E-state index is 12.7. The third-order valence-electron chi connectivity index (χ3n) is 9.03. The molecule has 0 aliphatic carbocycles. The third-order valence-corrected chi connectivity index (χ3v) is 9.03. The zero-order valence-corrected chi connectivity index (χ0v) is 33.4. The van der Waals surface area contributed by atoms with E-state index in [0.29, 0.717) is 0 Å². The smallest absolute Gasteiger partial charge is 0.193 e. The molecule has 0 spiro atoms. The van der Waals surface area contributed by atoms with E-state index in [1.165, 1.54) is 13.8 Å². The molecular weight excluding hydrogens is 645 g/mol. The molecule has 0 unspecified atom stereocenters. The first-order chi connectivity index (χ1) is 25.0. The van der Waals surface area contributed by atoms with Crippen LogP contribution in [0.3, 0.4) is 0 Å². The van der Waals surface area contributed by atoms with Gasteiger partial charge in [-0.1, -0.05) is 0 Å². The SMILES string of the molecule is CC(C)=O.CCN(CC)c1ccc(C(=O)c2ccc(N(CC)CC)cc2)cc1.CCN(CC)c1ccc(C(=O)c2ccc(N(CC)CC)cc2)cc1. The van der Waals surface area contributed by atoms with E-state index in [4.69, 9.17) is 0 Å². The fraction of sp³-hybridized carbons (Fsp3) is 0.400. The Balaban J connectivity index is 0.000000327. The highest BCUT2D eigenvalue weighted by Crippen LogP contribution is 2.22. The van der Waals surface area contributed by atoms with Crippen LogP contribution < -0.4 is 19.6 Å². The van der Waals surface area contributed by atoms with Crippen molar-refractivity contribution in [1.82, 2.24) is 0 Å². The maximum Gasteiger partial charge on any atom is 0.193 e. The van der Waals surface area contributed by atoms with Gasteiger partial charge in [0.05, 0.1) is 0 Å². The fourth-order valence-electron chi connectivity index (χ4n) is 5.98. The molecule has 0 heterocycles. The Morgan fingerprint density at radius 3 is 0.577 bits per heavy atom. The fourth-order valence-corrected chi connectivity index (χ4v) is 5.98. The van der Waals surface area contributed by atoms with Gasteiger partial charge in [0.15, 0.2) is 11.6 Å². The van der Waals surface area contributed by atoms with Crippen molar-refractivity contribution in [2.75, 3.05) is 72.0 Å². The van der Waals surface area contributed by atoms with Gasteiger partial charge in [-0.2, -0.15) is 0 Å². The quantitative estimate of drug-likeness (QED) is 0.108. The predicted molar refractivity (Wildman–Crippen MR) is 223 cm³/mol. The van der Waals surface area contributed by atoms with Gasteiger partial charge in [0.2, 0.25) is 0 Å². The monoisotopic (exact) mass is 706 g/mol. The van der Waals surface area contributed by atoms with Gasteiger partial charge in [-0.05, 0) is 166 Å². The topological polar surface area (TPSA) is 64.2 Å². The second-order valence-electron chi connectivity index (χ2n) is 12.4. The lowest BCUT2D eigenvalue weighted by atomic mass is 10.0. The van der Waals surface area contributed by atoms with Gasteiger partial charge in [-0.15, -0.1) is 0 Å². The van der Waals surface area contributed by atoms with Crippen molar-refractivity contribution < 1.29 is 14.4 Å². The molecular formula is C45H62N4O3. The van der Waals surface area contributed by atoms with Crippen LogP contribution in [0, 0.1) is 0 Å². The van der Waals surface area contributed by atoms with E-state index in [-0.39, 0.29) is 17.3 Å². The minimum absolute atomic E-state index is 0.0761. The summed E-state index contributed by atoms with van der Waals surface area (Å²) in [5.41, 5.74) is 7.59. The standard InChI is InChI=1S/2C21H28N2O.C3H6O/c2*1-5-22(6-2)19-13-9-17(10-14-19)21(24)18-11-15-20(16-12-18)23(7-3)8-4;1-3(2)4/h2*9-16H,5-8H2,1-4H3;1-2H3. The molecule has 4 aromatic carbocycles. The molecule has 0 aliphatic rings. The van der Waals surface area contributed by atoms with Gasteiger partial charge in [-0.3, -0.25) is 9.59 Å². The summed E-state index contributed by atoms with van der Waals surface area (Å²) in [7, 11) is 0. The summed E-state index contributed by atoms with van der Waals surface area (Å²) < 4.78 is 0. The molecule has 0 radical (unpaired) electrons. The number of hydrogen-bond donors (Lipinski definition) is 0. The molecule has 52 heavy (non-hydrogen) atoms. The normalized spacial score (nSPS) is 10.2. The number of Topliss-reactive ketones (excluding diaryl/α,β-unsaturated/α-hetero) is 1. The van der Waals surface area contributed by atoms with Crippen LogP contribution in [0.1, 0.15) is 101 Å². The van der Waals surface area contributed by atoms with Crippen molar-refractivity contribution in [3.8, 4) is 0 Å². The zero-order valence-electron chi connectivity index (χ0n) is 33.4. The summed E-state index contributed by atoms with van der Waals surface area (Å²) >= 11 is 0. The van der Waals surface area contributed by atoms with Crippen LogP contribution in [-0.2, 0) is 4.79 Å². The molecule has 4 aromatic rings. The summed E-state index contributed by atoms with van der Waals surface area (Å²) in [5.74, 6) is 0.319. The number of hydrogen-bond acceptors (Lipinski definition) is 7. The van der Waals surface area contributed by atoms with Crippen LogP contribution in [0.25, 0.3) is 0 Å². The molecule has 4 rings (SSSR count). The molecule has 0 fully saturated rings. The summed E-state index contributed by atoms with van der Waals surface area (Å²) in [5, 5.41) is 0. The summed E-state index contributed by atoms with van der Waals surface area (Å²) in [6, 6.07) is 31.7. The summed E-state index contributed by atoms with van der Waals surface area (Å²) in [6.07, 6.45) is 0. The zero-order chi connectivity index (χ0) is 38.6. The Bertz CT molecular complexity index is 1380. The molecule has 0 bridgehead atoms. The molecule has 7 heteroatoms. The van der Waals surface area contributed by atoms with Crippen molar-refractivity contribution in [2.45, 2.75) is 69.2 Å². The molecule has 0 atom stereocenters. The van der Waals surface area contributed by atoms with E-state index in [0.717, 1.165) is 97.4 Å². The number of anilines is 4. The van der Waals surface area contributed by atoms with Crippen molar-refractivity contribution in [2.24, 2.45) is 0 Å². The van der Waals surface area contributed by atoms with Crippen molar-refractivity contribution in [3.05, 3.63) is 119 Å². The number of rotatable bonds is 16. The Morgan fingerprint density at radius 1 is 0.327 bits per heavy atom. The van der Waals surface area contributed by atoms with E-state index in [1.807, 2.05) is 97.1 Å². The van der Waals surface area contributed by atoms with Gasteiger partial charge >= 0.3 is 0 Å². The summed E-state index contributed by atoms with van der Waals surface area (Å²) in [4.78, 5) is 43.8. The second kappa shape index (κ2) is 22.8. The first-order valence-corrected chi connectivity index (χ1v) is 19.0. The van der Waals surface area contributed by atoms with Crippen LogP contribution in [0.15, 0.2) is 97.1 Å². The summed E-state index contributed by atoms with van der Waals surface area (Å²) in [6.45, 7) is 27.9. The minimum Gasteiger partial charge on any atom is -0.372 e. The van der Waals surface area contributed by atoms with Crippen LogP contribution in [0.2, 0.25) is 0 Å². The Morgan fingerprint density at radius 2 is 0.462 bits per heavy atom. The van der Waals surface area contributed by atoms with Gasteiger partial charge in [0, 0.05) is 97.4 Å². The van der Waals surface area contributed by atoms with E-state index >= 15 is 0 Å². The second-order valence-corrected chi connectivity index (χ2v) is 12.4. The molecule has 0 aromatic heterocycles. The van der Waals surface area contributed by atoms with Gasteiger partial charge in [-0.25, -0.2) is 0 Å². The lowest BCUT2D eigenvalue weighted by Crippen LogP contribution is -2.22. The highest BCUT2D eigenvalue weighted by atomic mass is 16.1. The van der Waals surface area contributed by atoms with Gasteiger partial charge in [0.1, 0.15) is 5.78 Å². The Kier molecular flexibility index (Phi) is 19.0. The van der Waals surface area contributed by atoms with Crippen LogP contribution >= 0.6 is 0 Å². The largest absolute Gasteiger partial charge is 0.372 e. The number of ketones is 3. The minimum atomic E-state index is 0.0761. The molecule has 7 nitrogen and oxygen atoms in total. The molecule has 0 aliphatic heterocycles. The lowest BCUT2D eigenvalue weighted by Gasteiger charge is -2.21. The first-order valence-electron chi connectivity index (χ1n) is 19.0. The maximum atomic E-state index is 12.7. The van der Waals surface area contributed by atoms with Crippen molar-refractivity contribution in [1.29, 1.82) is 0 Å². The number of nitrogens with zero attached hydrogens (tertiary/aromatic N) is 4. The predicted octanol–water partition coefficient (Wildman–Crippen LogP) is 9.82. The van der Waals surface area contributed by atoms with Crippen molar-refractivity contribution in [3.63, 3.8) is 0 Å². The molecule has 0 amide bonds. The Hall–Kier alpha value is -4.91. The average molecular weight is 707 g/mol. The van der Waals surface area contributed by atoms with E-state index in [9.17, 15) is 14.4 Å². The average Bonchev–Trinajstić information content (AvgIpc) is 3.17. The highest BCUT2D eigenvalue weighted by molar-refractivity contribution is 6.10. The first kappa shape index (κ1) is 43.3. The van der Waals surface area contributed by atoms with Gasteiger partial charge < -0.3 is 24.4 Å². The lowest BCUT2D eigenvalue weighted by molar-refractivity contribution is -0.115. The van der Waals surface area contributed by atoms with Crippen LogP contribution in [-0.4, -0.2) is 69.7 Å². The Labute approximate surface area is 314 Å². The number of benzene rings is 4. The van der Waals surface area contributed by atoms with Crippen LogP contribution in [0.5, 0.6) is 0 Å².